The van der Waals surface area contributed by atoms with Crippen LogP contribution < -0.4 is 10.6 Å². The average molecular weight is 507 g/mol. The third-order valence-electron chi connectivity index (χ3n) is 11.2. The Labute approximate surface area is 215 Å². The van der Waals surface area contributed by atoms with E-state index in [2.05, 4.69) is 31.4 Å². The van der Waals surface area contributed by atoms with Crippen LogP contribution in [0.25, 0.3) is 0 Å². The predicted octanol–water partition coefficient (Wildman–Crippen LogP) is 2.71. The van der Waals surface area contributed by atoms with Crippen LogP contribution in [0.4, 0.5) is 0 Å². The molecule has 5 N–H and O–H groups in total. The van der Waals surface area contributed by atoms with Gasteiger partial charge in [-0.05, 0) is 104 Å². The summed E-state index contributed by atoms with van der Waals surface area (Å²) in [4.78, 5) is 34.5. The lowest BCUT2D eigenvalue weighted by molar-refractivity contribution is -0.175. The van der Waals surface area contributed by atoms with E-state index in [1.807, 2.05) is 0 Å². The first-order chi connectivity index (χ1) is 17.0. The van der Waals surface area contributed by atoms with Crippen LogP contribution in [0.2, 0.25) is 0 Å². The minimum absolute atomic E-state index is 0.134. The smallest absolute Gasteiger partial charge is 0.322 e. The number of carboxylic acids is 1. The maximum Gasteiger partial charge on any atom is 0.322 e. The van der Waals surface area contributed by atoms with Gasteiger partial charge in [-0.2, -0.15) is 0 Å². The number of carbonyl (C=O) groups excluding carboxylic acids is 2. The van der Waals surface area contributed by atoms with E-state index in [0.29, 0.717) is 42.4 Å². The molecule has 0 saturated heterocycles. The van der Waals surface area contributed by atoms with E-state index in [4.69, 9.17) is 5.11 Å². The second-order valence-corrected chi connectivity index (χ2v) is 12.8. The van der Waals surface area contributed by atoms with Gasteiger partial charge in [0.15, 0.2) is 0 Å². The summed E-state index contributed by atoms with van der Waals surface area (Å²) in [6.45, 7) is 6.26. The Morgan fingerprint density at radius 1 is 0.917 bits per heavy atom. The lowest BCUT2D eigenvalue weighted by atomic mass is 9.43. The van der Waals surface area contributed by atoms with Gasteiger partial charge in [-0.3, -0.25) is 14.4 Å². The largest absolute Gasteiger partial charge is 0.480 e. The highest BCUT2D eigenvalue weighted by Crippen LogP contribution is 2.68. The first kappa shape index (κ1) is 27.4. The standard InChI is InChI=1S/C28H46N2O6/c1-16(4-9-24(33)29-14-25(34)30-15-26(35)36)20-7-8-21-19-6-5-17-12-18(31)10-11-27(17,2)22(19)13-23(32)28(20,21)3/h16-23,31-32H,4-15H2,1-3H3,(H,29,33)(H,30,34)(H,35,36)/t16-,17-,18-,19?,20-,21+,22+,23+,27+,28-/m1/s1. The number of carbonyl (C=O) groups is 3. The second kappa shape index (κ2) is 10.6. The number of amides is 2. The van der Waals surface area contributed by atoms with Crippen molar-refractivity contribution in [1.29, 1.82) is 0 Å². The minimum Gasteiger partial charge on any atom is -0.480 e. The van der Waals surface area contributed by atoms with Crippen molar-refractivity contribution in [3.05, 3.63) is 0 Å². The molecule has 8 heteroatoms. The van der Waals surface area contributed by atoms with Crippen LogP contribution in [0.1, 0.15) is 85.0 Å². The second-order valence-electron chi connectivity index (χ2n) is 12.8. The number of nitrogens with one attached hydrogen (secondary N) is 2. The van der Waals surface area contributed by atoms with E-state index in [1.165, 1.54) is 12.8 Å². The fourth-order valence-corrected chi connectivity index (χ4v) is 9.22. The van der Waals surface area contributed by atoms with Gasteiger partial charge in [-0.15, -0.1) is 0 Å². The van der Waals surface area contributed by atoms with Crippen LogP contribution in [0.15, 0.2) is 0 Å². The molecular weight excluding hydrogens is 460 g/mol. The van der Waals surface area contributed by atoms with Crippen LogP contribution in [0, 0.1) is 46.3 Å². The van der Waals surface area contributed by atoms with Gasteiger partial charge < -0.3 is 26.0 Å². The van der Waals surface area contributed by atoms with Crippen molar-refractivity contribution in [2.45, 2.75) is 97.2 Å². The number of carboxylic acid groups (broad SMARTS) is 1. The Balaban J connectivity index is 1.34. The number of rotatable bonds is 8. The summed E-state index contributed by atoms with van der Waals surface area (Å²) in [5.41, 5.74) is 0.0914. The maximum absolute atomic E-state index is 12.3. The number of hydrogen-bond acceptors (Lipinski definition) is 5. The van der Waals surface area contributed by atoms with Crippen molar-refractivity contribution in [3.63, 3.8) is 0 Å². The van der Waals surface area contributed by atoms with E-state index in [9.17, 15) is 24.6 Å². The quantitative estimate of drug-likeness (QED) is 0.343. The van der Waals surface area contributed by atoms with Gasteiger partial charge in [0.2, 0.25) is 11.8 Å². The normalized spacial score (nSPS) is 42.4. The van der Waals surface area contributed by atoms with E-state index >= 15 is 0 Å². The Morgan fingerprint density at radius 3 is 2.36 bits per heavy atom. The molecule has 0 aromatic heterocycles. The van der Waals surface area contributed by atoms with Crippen LogP contribution in [0.3, 0.4) is 0 Å². The molecule has 0 radical (unpaired) electrons. The molecule has 1 unspecified atom stereocenters. The SMILES string of the molecule is C[C@H](CCC(=O)NCC(=O)NCC(=O)O)[C@H]1CC[C@H]2C3CC[C@@H]4C[C@H](O)CC[C@]4(C)[C@H]3C[C@H](O)[C@]12C. The van der Waals surface area contributed by atoms with Crippen LogP contribution in [-0.4, -0.2) is 58.4 Å². The summed E-state index contributed by atoms with van der Waals surface area (Å²) < 4.78 is 0. The summed E-state index contributed by atoms with van der Waals surface area (Å²) in [6.07, 6.45) is 8.87. The summed E-state index contributed by atoms with van der Waals surface area (Å²) in [5.74, 6) is 1.06. The summed E-state index contributed by atoms with van der Waals surface area (Å²) >= 11 is 0. The Morgan fingerprint density at radius 2 is 1.64 bits per heavy atom. The molecule has 10 atom stereocenters. The molecule has 4 fully saturated rings. The zero-order chi connectivity index (χ0) is 26.3. The molecule has 0 spiro atoms. The Bertz CT molecular complexity index is 850. The first-order valence-corrected chi connectivity index (χ1v) is 14.1. The molecule has 4 aliphatic carbocycles. The molecule has 2 amide bonds. The van der Waals surface area contributed by atoms with Crippen LogP contribution in [0.5, 0.6) is 0 Å². The van der Waals surface area contributed by atoms with Crippen molar-refractivity contribution in [3.8, 4) is 0 Å². The maximum atomic E-state index is 12.3. The topological polar surface area (TPSA) is 136 Å². The van der Waals surface area contributed by atoms with E-state index in [0.717, 1.165) is 38.5 Å². The Kier molecular flexibility index (Phi) is 8.06. The number of aliphatic hydroxyl groups excluding tert-OH is 2. The van der Waals surface area contributed by atoms with Gasteiger partial charge in [0.1, 0.15) is 6.54 Å². The lowest BCUT2D eigenvalue weighted by Gasteiger charge is -2.62. The third kappa shape index (κ3) is 5.04. The molecule has 204 valence electrons. The number of hydrogen-bond donors (Lipinski definition) is 5. The Hall–Kier alpha value is -1.67. The summed E-state index contributed by atoms with van der Waals surface area (Å²) in [6, 6.07) is 0. The van der Waals surface area contributed by atoms with Crippen molar-refractivity contribution in [2.24, 2.45) is 46.3 Å². The van der Waals surface area contributed by atoms with Crippen LogP contribution >= 0.6 is 0 Å². The van der Waals surface area contributed by atoms with Gasteiger partial charge in [-0.1, -0.05) is 20.8 Å². The van der Waals surface area contributed by atoms with Crippen molar-refractivity contribution in [2.75, 3.05) is 13.1 Å². The molecule has 0 heterocycles. The van der Waals surface area contributed by atoms with Crippen LogP contribution in [-0.2, 0) is 14.4 Å². The van der Waals surface area contributed by atoms with Gasteiger partial charge in [0, 0.05) is 6.42 Å². The van der Waals surface area contributed by atoms with Crippen molar-refractivity contribution >= 4 is 17.8 Å². The predicted molar refractivity (Wildman–Crippen MR) is 135 cm³/mol. The van der Waals surface area contributed by atoms with Gasteiger partial charge >= 0.3 is 5.97 Å². The summed E-state index contributed by atoms with van der Waals surface area (Å²) in [7, 11) is 0. The zero-order valence-electron chi connectivity index (χ0n) is 22.2. The molecular formula is C28H46N2O6. The number of fused-ring (bicyclic) bond motifs is 5. The first-order valence-electron chi connectivity index (χ1n) is 14.1. The zero-order valence-corrected chi connectivity index (χ0v) is 22.2. The highest BCUT2D eigenvalue weighted by atomic mass is 16.4. The monoisotopic (exact) mass is 506 g/mol. The molecule has 4 saturated carbocycles. The molecule has 4 rings (SSSR count). The lowest BCUT2D eigenvalue weighted by Crippen LogP contribution is -2.58. The highest BCUT2D eigenvalue weighted by molar-refractivity contribution is 5.86. The average Bonchev–Trinajstić information content (AvgIpc) is 3.19. The van der Waals surface area contributed by atoms with Gasteiger partial charge in [0.25, 0.3) is 0 Å². The van der Waals surface area contributed by atoms with E-state index in [1.54, 1.807) is 0 Å². The van der Waals surface area contributed by atoms with Gasteiger partial charge in [0.05, 0.1) is 18.8 Å². The minimum atomic E-state index is -1.12. The molecule has 0 aliphatic heterocycles. The fraction of sp³-hybridized carbons (Fsp3) is 0.893. The van der Waals surface area contributed by atoms with Gasteiger partial charge in [-0.25, -0.2) is 0 Å². The fourth-order valence-electron chi connectivity index (χ4n) is 9.22. The molecule has 36 heavy (non-hydrogen) atoms. The molecule has 0 bridgehead atoms. The number of aliphatic carboxylic acids is 1. The molecule has 8 nitrogen and oxygen atoms in total. The highest BCUT2D eigenvalue weighted by Gasteiger charge is 2.63. The van der Waals surface area contributed by atoms with E-state index in [-0.39, 0.29) is 41.4 Å². The third-order valence-corrected chi connectivity index (χ3v) is 11.2. The summed E-state index contributed by atoms with van der Waals surface area (Å²) in [5, 5.41) is 35.4. The molecule has 0 aromatic carbocycles. The molecule has 0 aromatic rings. The van der Waals surface area contributed by atoms with Crippen molar-refractivity contribution in [1.82, 2.24) is 10.6 Å². The van der Waals surface area contributed by atoms with Crippen molar-refractivity contribution < 1.29 is 29.7 Å². The van der Waals surface area contributed by atoms with E-state index < -0.39 is 18.4 Å². The number of aliphatic hydroxyl groups is 2. The molecule has 4 aliphatic rings.